The molecule has 0 saturated heterocycles. The predicted molar refractivity (Wildman–Crippen MR) is 97.5 cm³/mol. The van der Waals surface area contributed by atoms with Crippen molar-refractivity contribution in [3.05, 3.63) is 70.3 Å². The number of sulfonamides is 1. The number of non-ortho nitro benzene ring substituents is 1. The Morgan fingerprint density at radius 2 is 1.75 bits per heavy atom. The number of ether oxygens (including phenoxy) is 1. The van der Waals surface area contributed by atoms with E-state index in [2.05, 4.69) is 10.0 Å². The molecule has 11 heteroatoms. The lowest BCUT2D eigenvalue weighted by Crippen LogP contribution is -2.39. The van der Waals surface area contributed by atoms with Gasteiger partial charge in [-0.1, -0.05) is 30.3 Å². The van der Waals surface area contributed by atoms with Gasteiger partial charge >= 0.3 is 5.97 Å². The van der Waals surface area contributed by atoms with Crippen molar-refractivity contribution in [3.8, 4) is 0 Å². The highest BCUT2D eigenvalue weighted by Gasteiger charge is 2.15. The monoisotopic (exact) mass is 407 g/mol. The van der Waals surface area contributed by atoms with Crippen LogP contribution in [0.4, 0.5) is 5.69 Å². The van der Waals surface area contributed by atoms with E-state index in [0.29, 0.717) is 5.56 Å². The molecule has 2 N–H and O–H groups in total. The second-order valence-electron chi connectivity index (χ2n) is 5.50. The van der Waals surface area contributed by atoms with Crippen molar-refractivity contribution in [2.45, 2.75) is 11.5 Å². The normalized spacial score (nSPS) is 10.9. The molecule has 0 radical (unpaired) electrons. The minimum absolute atomic E-state index is 0.0131. The Morgan fingerprint density at radius 3 is 2.43 bits per heavy atom. The highest BCUT2D eigenvalue weighted by Crippen LogP contribution is 2.13. The van der Waals surface area contributed by atoms with Crippen molar-refractivity contribution in [1.29, 1.82) is 0 Å². The number of nitro benzene ring substituents is 1. The van der Waals surface area contributed by atoms with Crippen LogP contribution in [0.3, 0.4) is 0 Å². The average molecular weight is 407 g/mol. The topological polar surface area (TPSA) is 145 Å². The molecule has 2 rings (SSSR count). The van der Waals surface area contributed by atoms with Crippen molar-refractivity contribution < 1.29 is 27.7 Å². The zero-order chi connectivity index (χ0) is 20.6. The second-order valence-corrected chi connectivity index (χ2v) is 7.27. The Bertz CT molecular complexity index is 962. The summed E-state index contributed by atoms with van der Waals surface area (Å²) < 4.78 is 31.0. The number of esters is 1. The quantitative estimate of drug-likeness (QED) is 0.354. The van der Waals surface area contributed by atoms with Gasteiger partial charge in [0, 0.05) is 12.1 Å². The molecular formula is C17H17N3O7S. The minimum Gasteiger partial charge on any atom is -0.459 e. The summed E-state index contributed by atoms with van der Waals surface area (Å²) in [5.41, 5.74) is 0.289. The van der Waals surface area contributed by atoms with Crippen LogP contribution in [0.5, 0.6) is 0 Å². The van der Waals surface area contributed by atoms with E-state index in [0.717, 1.165) is 0 Å². The molecule has 0 spiro atoms. The lowest BCUT2D eigenvalue weighted by Gasteiger charge is -2.08. The third-order valence-corrected chi connectivity index (χ3v) is 4.84. The Labute approximate surface area is 160 Å². The summed E-state index contributed by atoms with van der Waals surface area (Å²) >= 11 is 0. The minimum atomic E-state index is -3.83. The molecule has 148 valence electrons. The number of hydrogen-bond acceptors (Lipinski definition) is 7. The van der Waals surface area contributed by atoms with Crippen molar-refractivity contribution in [2.75, 3.05) is 13.1 Å². The first-order valence-electron chi connectivity index (χ1n) is 7.98. The third-order valence-electron chi connectivity index (χ3n) is 3.43. The Morgan fingerprint density at radius 1 is 1.04 bits per heavy atom. The Balaban J connectivity index is 1.74. The SMILES string of the molecule is O=C(CNS(=O)(=O)c1ccccc1)NCC(=O)OCc1cccc([N+](=O)[O-])c1. The highest BCUT2D eigenvalue weighted by atomic mass is 32.2. The molecule has 0 bridgehead atoms. The summed E-state index contributed by atoms with van der Waals surface area (Å²) in [7, 11) is -3.83. The molecule has 0 atom stereocenters. The van der Waals surface area contributed by atoms with Crippen LogP contribution < -0.4 is 10.0 Å². The molecule has 2 aromatic rings. The van der Waals surface area contributed by atoms with Crippen LogP contribution >= 0.6 is 0 Å². The fourth-order valence-electron chi connectivity index (χ4n) is 2.05. The maximum atomic E-state index is 12.0. The number of nitro groups is 1. The first-order valence-corrected chi connectivity index (χ1v) is 9.46. The van der Waals surface area contributed by atoms with Gasteiger partial charge in [0.2, 0.25) is 15.9 Å². The molecule has 0 saturated carbocycles. The fourth-order valence-corrected chi connectivity index (χ4v) is 3.05. The molecule has 0 aliphatic carbocycles. The van der Waals surface area contributed by atoms with Gasteiger partial charge in [0.05, 0.1) is 16.4 Å². The van der Waals surface area contributed by atoms with E-state index in [4.69, 9.17) is 4.74 Å². The van der Waals surface area contributed by atoms with Gasteiger partial charge < -0.3 is 10.1 Å². The first kappa shape index (κ1) is 21.0. The maximum absolute atomic E-state index is 12.0. The van der Waals surface area contributed by atoms with Crippen molar-refractivity contribution in [2.24, 2.45) is 0 Å². The highest BCUT2D eigenvalue weighted by molar-refractivity contribution is 7.89. The van der Waals surface area contributed by atoms with Gasteiger partial charge in [-0.25, -0.2) is 13.1 Å². The third kappa shape index (κ3) is 6.45. The van der Waals surface area contributed by atoms with E-state index in [1.165, 1.54) is 30.3 Å². The Hall–Kier alpha value is -3.31. The second kappa shape index (κ2) is 9.58. The number of carbonyl (C=O) groups is 2. The summed E-state index contributed by atoms with van der Waals surface area (Å²) in [5.74, 6) is -1.49. The standard InChI is InChI=1S/C17H17N3O7S/c21-16(10-19-28(25,26)15-7-2-1-3-8-15)18-11-17(22)27-12-13-5-4-6-14(9-13)20(23)24/h1-9,19H,10-12H2,(H,18,21). The van der Waals surface area contributed by atoms with E-state index in [9.17, 15) is 28.1 Å². The van der Waals surface area contributed by atoms with E-state index >= 15 is 0 Å². The maximum Gasteiger partial charge on any atom is 0.325 e. The molecule has 0 aromatic heterocycles. The number of nitrogens with zero attached hydrogens (tertiary/aromatic N) is 1. The van der Waals surface area contributed by atoms with Crippen molar-refractivity contribution in [1.82, 2.24) is 10.0 Å². The van der Waals surface area contributed by atoms with Crippen molar-refractivity contribution in [3.63, 3.8) is 0 Å². The zero-order valence-electron chi connectivity index (χ0n) is 14.5. The van der Waals surface area contributed by atoms with Crippen LogP contribution in [0.1, 0.15) is 5.56 Å². The molecule has 1 amide bonds. The van der Waals surface area contributed by atoms with Gasteiger partial charge in [0.15, 0.2) is 0 Å². The number of benzene rings is 2. The van der Waals surface area contributed by atoms with Gasteiger partial charge in [0.1, 0.15) is 13.2 Å². The van der Waals surface area contributed by atoms with Gasteiger partial charge in [-0.3, -0.25) is 19.7 Å². The molecule has 0 heterocycles. The van der Waals surface area contributed by atoms with E-state index in [1.807, 2.05) is 0 Å². The summed E-state index contributed by atoms with van der Waals surface area (Å²) in [6, 6.07) is 13.1. The molecule has 0 unspecified atom stereocenters. The summed E-state index contributed by atoms with van der Waals surface area (Å²) in [4.78, 5) is 33.5. The lowest BCUT2D eigenvalue weighted by molar-refractivity contribution is -0.384. The fraction of sp³-hybridized carbons (Fsp3) is 0.176. The van der Waals surface area contributed by atoms with Crippen LogP contribution in [0.2, 0.25) is 0 Å². The number of rotatable bonds is 9. The van der Waals surface area contributed by atoms with Crippen LogP contribution in [0, 0.1) is 10.1 Å². The number of nitrogens with one attached hydrogen (secondary N) is 2. The average Bonchev–Trinajstić information content (AvgIpc) is 2.70. The largest absolute Gasteiger partial charge is 0.459 e. The molecule has 0 fully saturated rings. The van der Waals surface area contributed by atoms with Gasteiger partial charge in [-0.15, -0.1) is 0 Å². The number of carbonyl (C=O) groups excluding carboxylic acids is 2. The lowest BCUT2D eigenvalue weighted by atomic mass is 10.2. The molecule has 28 heavy (non-hydrogen) atoms. The summed E-state index contributed by atoms with van der Waals surface area (Å²) in [6.45, 7) is -1.22. The molecule has 2 aromatic carbocycles. The van der Waals surface area contributed by atoms with Crippen LogP contribution in [-0.4, -0.2) is 38.3 Å². The Kier molecular flexibility index (Phi) is 7.18. The number of amides is 1. The van der Waals surface area contributed by atoms with Crippen molar-refractivity contribution >= 4 is 27.6 Å². The molecule has 0 aliphatic heterocycles. The predicted octanol–water partition coefficient (Wildman–Crippen LogP) is 0.733. The smallest absolute Gasteiger partial charge is 0.325 e. The molecule has 10 nitrogen and oxygen atoms in total. The van der Waals surface area contributed by atoms with Gasteiger partial charge in [-0.2, -0.15) is 0 Å². The van der Waals surface area contributed by atoms with Gasteiger partial charge in [-0.05, 0) is 17.7 Å². The zero-order valence-corrected chi connectivity index (χ0v) is 15.3. The summed E-state index contributed by atoms with van der Waals surface area (Å²) in [6.07, 6.45) is 0. The van der Waals surface area contributed by atoms with Crippen LogP contribution in [0.25, 0.3) is 0 Å². The van der Waals surface area contributed by atoms with Crippen LogP contribution in [-0.2, 0) is 31.0 Å². The molecule has 0 aliphatic rings. The van der Waals surface area contributed by atoms with Crippen LogP contribution in [0.15, 0.2) is 59.5 Å². The van der Waals surface area contributed by atoms with E-state index in [-0.39, 0.29) is 17.2 Å². The summed E-state index contributed by atoms with van der Waals surface area (Å²) in [5, 5.41) is 12.9. The van der Waals surface area contributed by atoms with Gasteiger partial charge in [0.25, 0.3) is 5.69 Å². The molecular weight excluding hydrogens is 390 g/mol. The van der Waals surface area contributed by atoms with E-state index in [1.54, 1.807) is 24.3 Å². The number of hydrogen-bond donors (Lipinski definition) is 2. The van der Waals surface area contributed by atoms with E-state index < -0.39 is 39.9 Å². The first-order chi connectivity index (χ1) is 13.3.